The third kappa shape index (κ3) is 8.11. The Morgan fingerprint density at radius 1 is 0.951 bits per heavy atom. The van der Waals surface area contributed by atoms with Crippen molar-refractivity contribution >= 4 is 46.9 Å². The van der Waals surface area contributed by atoms with E-state index in [4.69, 9.17) is 28.0 Å². The van der Waals surface area contributed by atoms with Crippen molar-refractivity contribution in [1.82, 2.24) is 4.90 Å². The minimum atomic E-state index is -0.0143. The number of hydrogen-bond acceptors (Lipinski definition) is 4. The summed E-state index contributed by atoms with van der Waals surface area (Å²) in [6.07, 6.45) is 5.74. The number of carbonyl (C=O) groups excluding carboxylic acids is 2. The number of nitrogens with two attached hydrogens (primary N) is 1. The quantitative estimate of drug-likeness (QED) is 0.138. The molecule has 0 bridgehead atoms. The molecule has 1 aliphatic carbocycles. The van der Waals surface area contributed by atoms with Crippen molar-refractivity contribution in [3.8, 4) is 0 Å². The van der Waals surface area contributed by atoms with Crippen molar-refractivity contribution < 1.29 is 9.59 Å². The van der Waals surface area contributed by atoms with Gasteiger partial charge in [-0.15, -0.1) is 0 Å². The molecule has 0 unspecified atom stereocenters. The summed E-state index contributed by atoms with van der Waals surface area (Å²) < 4.78 is 0. The van der Waals surface area contributed by atoms with E-state index in [-0.39, 0.29) is 24.2 Å². The third-order valence-corrected chi connectivity index (χ3v) is 8.23. The zero-order valence-corrected chi connectivity index (χ0v) is 24.9. The Morgan fingerprint density at radius 2 is 1.46 bits per heavy atom. The molecule has 2 fully saturated rings. The van der Waals surface area contributed by atoms with Crippen LogP contribution in [-0.4, -0.2) is 42.1 Å². The maximum atomic E-state index is 12.4. The molecule has 1 saturated heterocycles. The molecule has 0 radical (unpaired) electrons. The topological polar surface area (TPSA) is 99.3 Å². The molecule has 0 aromatic heterocycles. The summed E-state index contributed by atoms with van der Waals surface area (Å²) in [6, 6.07) is 23.0. The van der Waals surface area contributed by atoms with E-state index in [9.17, 15) is 10.2 Å². The van der Waals surface area contributed by atoms with Gasteiger partial charge in [0.15, 0.2) is 0 Å². The van der Waals surface area contributed by atoms with Crippen LogP contribution < -0.4 is 11.1 Å². The van der Waals surface area contributed by atoms with Crippen molar-refractivity contribution in [3.63, 3.8) is 0 Å². The van der Waals surface area contributed by atoms with E-state index >= 15 is 0 Å². The first-order valence-electron chi connectivity index (χ1n) is 14.3. The van der Waals surface area contributed by atoms with Crippen LogP contribution in [-0.2, 0) is 9.59 Å². The highest BCUT2D eigenvalue weighted by Gasteiger charge is 2.29. The fourth-order valence-electron chi connectivity index (χ4n) is 5.43. The minimum absolute atomic E-state index is 0.0143. The van der Waals surface area contributed by atoms with Gasteiger partial charge in [0.25, 0.3) is 0 Å². The molecular formula is C33H38Cl2N4O2. The maximum Gasteiger partial charge on any atom is 0.222 e. The average Bonchev–Trinajstić information content (AvgIpc) is 3.80. The first-order chi connectivity index (χ1) is 19.8. The van der Waals surface area contributed by atoms with Gasteiger partial charge < -0.3 is 21.4 Å². The Hall–Kier alpha value is -3.35. The van der Waals surface area contributed by atoms with E-state index in [1.54, 1.807) is 0 Å². The molecule has 2 amide bonds. The molecule has 5 rings (SSSR count). The summed E-state index contributed by atoms with van der Waals surface area (Å²) in [4.78, 5) is 23.0. The number of amides is 2. The van der Waals surface area contributed by atoms with E-state index in [1.807, 2.05) is 36.1 Å². The normalized spacial score (nSPS) is 15.2. The van der Waals surface area contributed by atoms with Gasteiger partial charge in [-0.25, -0.2) is 0 Å². The molecule has 4 N–H and O–H groups in total. The Bertz CT molecular complexity index is 1290. The standard InChI is InChI=1S/C32H35Cl2N3O.CH3NO/c1-2-3-30(38)37-18-16-23(17-19-37)32(35)28-20-24(8-15-29(28)36-27-13-14-27)31(21-4-9-25(33)10-5-21)22-6-11-26(34)12-7-22;2-1-3/h4-12,15,20,23,27,31,35-36H,2-3,13-14,16-19H2,1H3;1H,(H2,2,3). The molecule has 0 spiro atoms. The number of halogens is 2. The summed E-state index contributed by atoms with van der Waals surface area (Å²) in [6.45, 7) is 3.51. The largest absolute Gasteiger partial charge is 0.382 e. The molecule has 0 atom stereocenters. The van der Waals surface area contributed by atoms with Gasteiger partial charge in [0.05, 0.1) is 0 Å². The number of rotatable bonds is 9. The zero-order valence-electron chi connectivity index (χ0n) is 23.4. The molecule has 1 heterocycles. The lowest BCUT2D eigenvalue weighted by atomic mass is 9.82. The van der Waals surface area contributed by atoms with Crippen molar-refractivity contribution in [1.29, 1.82) is 5.41 Å². The van der Waals surface area contributed by atoms with Crippen LogP contribution in [0.1, 0.15) is 73.6 Å². The predicted octanol–water partition coefficient (Wildman–Crippen LogP) is 7.26. The molecule has 3 aromatic rings. The van der Waals surface area contributed by atoms with Gasteiger partial charge in [-0.05, 0) is 85.2 Å². The van der Waals surface area contributed by atoms with Gasteiger partial charge >= 0.3 is 0 Å². The minimum Gasteiger partial charge on any atom is -0.382 e. The number of carbonyl (C=O) groups is 2. The smallest absolute Gasteiger partial charge is 0.222 e. The van der Waals surface area contributed by atoms with Gasteiger partial charge in [0.1, 0.15) is 0 Å². The van der Waals surface area contributed by atoms with Crippen LogP contribution in [0.15, 0.2) is 66.7 Å². The lowest BCUT2D eigenvalue weighted by Crippen LogP contribution is -2.40. The molecule has 216 valence electrons. The van der Waals surface area contributed by atoms with Crippen LogP contribution in [0.2, 0.25) is 10.0 Å². The van der Waals surface area contributed by atoms with Crippen LogP contribution in [0.25, 0.3) is 0 Å². The molecule has 6 nitrogen and oxygen atoms in total. The number of benzene rings is 3. The van der Waals surface area contributed by atoms with Gasteiger partial charge in [0, 0.05) is 64.4 Å². The van der Waals surface area contributed by atoms with E-state index < -0.39 is 0 Å². The fraction of sp³-hybridized carbons (Fsp3) is 0.364. The van der Waals surface area contributed by atoms with Crippen LogP contribution >= 0.6 is 23.2 Å². The highest BCUT2D eigenvalue weighted by Crippen LogP contribution is 2.37. The second kappa shape index (κ2) is 14.5. The Balaban J connectivity index is 0.00000124. The van der Waals surface area contributed by atoms with Crippen molar-refractivity contribution in [2.24, 2.45) is 11.7 Å². The number of anilines is 1. The summed E-state index contributed by atoms with van der Waals surface area (Å²) in [5.41, 5.74) is 10.3. The highest BCUT2D eigenvalue weighted by molar-refractivity contribution is 6.30. The molecular weight excluding hydrogens is 555 g/mol. The monoisotopic (exact) mass is 592 g/mol. The van der Waals surface area contributed by atoms with Gasteiger partial charge in [-0.3, -0.25) is 9.59 Å². The maximum absolute atomic E-state index is 12.4. The van der Waals surface area contributed by atoms with Crippen LogP contribution in [0.3, 0.4) is 0 Å². The molecule has 3 aromatic carbocycles. The lowest BCUT2D eigenvalue weighted by molar-refractivity contribution is -0.132. The highest BCUT2D eigenvalue weighted by atomic mass is 35.5. The molecule has 1 saturated carbocycles. The predicted molar refractivity (Wildman–Crippen MR) is 168 cm³/mol. The van der Waals surface area contributed by atoms with Gasteiger partial charge in [-0.2, -0.15) is 0 Å². The molecule has 2 aliphatic rings. The zero-order chi connectivity index (χ0) is 29.4. The van der Waals surface area contributed by atoms with Crippen LogP contribution in [0, 0.1) is 11.3 Å². The lowest BCUT2D eigenvalue weighted by Gasteiger charge is -2.33. The number of piperidine rings is 1. The first-order valence-corrected chi connectivity index (χ1v) is 15.0. The van der Waals surface area contributed by atoms with Gasteiger partial charge in [0.2, 0.25) is 12.3 Å². The fourth-order valence-corrected chi connectivity index (χ4v) is 5.69. The SMILES string of the molecule is CCCC(=O)N1CCC(C(=N)c2cc(C(c3ccc(Cl)cc3)c3ccc(Cl)cc3)ccc2NC2CC2)CC1.NC=O. The second-order valence-corrected chi connectivity index (χ2v) is 11.6. The Morgan fingerprint density at radius 3 is 1.95 bits per heavy atom. The third-order valence-electron chi connectivity index (χ3n) is 7.73. The van der Waals surface area contributed by atoms with Gasteiger partial charge in [-0.1, -0.05) is 60.5 Å². The molecule has 41 heavy (non-hydrogen) atoms. The summed E-state index contributed by atoms with van der Waals surface area (Å²) >= 11 is 12.5. The summed E-state index contributed by atoms with van der Waals surface area (Å²) in [5, 5.41) is 14.4. The van der Waals surface area contributed by atoms with Crippen molar-refractivity contribution in [2.45, 2.75) is 57.4 Å². The number of hydrogen-bond donors (Lipinski definition) is 3. The van der Waals surface area contributed by atoms with Crippen LogP contribution in [0.4, 0.5) is 5.69 Å². The molecule has 1 aliphatic heterocycles. The van der Waals surface area contributed by atoms with E-state index in [1.165, 1.54) is 12.8 Å². The second-order valence-electron chi connectivity index (χ2n) is 10.7. The van der Waals surface area contributed by atoms with Crippen LogP contribution in [0.5, 0.6) is 0 Å². The van der Waals surface area contributed by atoms with E-state index in [0.29, 0.717) is 28.2 Å². The Kier molecular flexibility index (Phi) is 10.8. The van der Waals surface area contributed by atoms with E-state index in [2.05, 4.69) is 53.5 Å². The van der Waals surface area contributed by atoms with Crippen molar-refractivity contribution in [3.05, 3.63) is 99.0 Å². The number of likely N-dealkylation sites (tertiary alicyclic amines) is 1. The number of nitrogens with zero attached hydrogens (tertiary/aromatic N) is 1. The first kappa shape index (κ1) is 30.6. The summed E-state index contributed by atoms with van der Waals surface area (Å²) in [5.74, 6) is 0.365. The van der Waals surface area contributed by atoms with Crippen molar-refractivity contribution in [2.75, 3.05) is 18.4 Å². The average molecular weight is 594 g/mol. The molecule has 8 heteroatoms. The van der Waals surface area contributed by atoms with E-state index in [0.717, 1.165) is 60.3 Å². The number of nitrogens with one attached hydrogen (secondary N) is 2. The number of primary amides is 1. The Labute approximate surface area is 252 Å². The summed E-state index contributed by atoms with van der Waals surface area (Å²) in [7, 11) is 0.